The molecule has 0 saturated carbocycles. The summed E-state index contributed by atoms with van der Waals surface area (Å²) in [5.41, 5.74) is 8.52. The first-order valence-electron chi connectivity index (χ1n) is 11.8. The second-order valence-corrected chi connectivity index (χ2v) is 8.55. The van der Waals surface area contributed by atoms with E-state index in [1.807, 2.05) is 55.5 Å². The molecule has 1 aliphatic heterocycles. The molecule has 0 aliphatic carbocycles. The van der Waals surface area contributed by atoms with E-state index in [1.54, 1.807) is 25.2 Å². The molecule has 2 aromatic carbocycles. The van der Waals surface area contributed by atoms with Crippen molar-refractivity contribution in [1.82, 2.24) is 10.3 Å². The molecule has 2 amide bonds. The average Bonchev–Trinajstić information content (AvgIpc) is 3.04. The molecule has 0 spiro atoms. The number of carbonyl (C=O) groups is 2. The summed E-state index contributed by atoms with van der Waals surface area (Å²) in [6, 6.07) is 18.9. The van der Waals surface area contributed by atoms with E-state index in [2.05, 4.69) is 27.1 Å². The third-order valence-corrected chi connectivity index (χ3v) is 5.71. The molecule has 0 fully saturated rings. The number of aryl methyl sites for hydroxylation is 1. The lowest BCUT2D eigenvalue weighted by atomic mass is 10.1. The van der Waals surface area contributed by atoms with Crippen molar-refractivity contribution in [3.05, 3.63) is 101 Å². The number of benzene rings is 2. The van der Waals surface area contributed by atoms with Crippen molar-refractivity contribution < 1.29 is 18.7 Å². The van der Waals surface area contributed by atoms with Gasteiger partial charge in [-0.25, -0.2) is 9.37 Å². The Morgan fingerprint density at radius 1 is 1.21 bits per heavy atom. The molecular formula is C29H26FN5O3. The van der Waals surface area contributed by atoms with Gasteiger partial charge in [0.05, 0.1) is 18.4 Å². The fraction of sp³-hybridized carbons (Fsp3) is 0.172. The van der Waals surface area contributed by atoms with Gasteiger partial charge < -0.3 is 20.7 Å². The first-order chi connectivity index (χ1) is 18.3. The van der Waals surface area contributed by atoms with Gasteiger partial charge in [-0.15, -0.1) is 0 Å². The normalized spacial score (nSPS) is 15.5. The average molecular weight is 512 g/mol. The van der Waals surface area contributed by atoms with Gasteiger partial charge in [0.2, 0.25) is 0 Å². The Kier molecular flexibility index (Phi) is 8.14. The molecule has 9 heteroatoms. The Bertz CT molecular complexity index is 1470. The molecule has 1 aliphatic rings. The van der Waals surface area contributed by atoms with Crippen molar-refractivity contribution in [2.45, 2.75) is 19.5 Å². The van der Waals surface area contributed by atoms with E-state index in [4.69, 9.17) is 10.5 Å². The number of likely N-dealkylation sites (N-methyl/N-ethyl adjacent to an activating group) is 1. The van der Waals surface area contributed by atoms with Gasteiger partial charge in [0.1, 0.15) is 29.8 Å². The maximum Gasteiger partial charge on any atom is 0.271 e. The van der Waals surface area contributed by atoms with Crippen molar-refractivity contribution >= 4 is 23.7 Å². The summed E-state index contributed by atoms with van der Waals surface area (Å²) < 4.78 is 20.2. The molecular weight excluding hydrogens is 485 g/mol. The van der Waals surface area contributed by atoms with Gasteiger partial charge in [-0.2, -0.15) is 0 Å². The van der Waals surface area contributed by atoms with Crippen molar-refractivity contribution in [2.75, 3.05) is 18.6 Å². The zero-order chi connectivity index (χ0) is 27.1. The number of halogens is 1. The highest BCUT2D eigenvalue weighted by molar-refractivity contribution is 6.04. The van der Waals surface area contributed by atoms with Crippen LogP contribution in [-0.4, -0.2) is 42.7 Å². The van der Waals surface area contributed by atoms with Gasteiger partial charge in [-0.3, -0.25) is 14.6 Å². The Hall–Kier alpha value is -4.97. The van der Waals surface area contributed by atoms with Crippen LogP contribution in [0.2, 0.25) is 0 Å². The fourth-order valence-corrected chi connectivity index (χ4v) is 3.66. The van der Waals surface area contributed by atoms with E-state index >= 15 is 0 Å². The van der Waals surface area contributed by atoms with Gasteiger partial charge in [0.15, 0.2) is 5.83 Å². The molecule has 0 unspecified atom stereocenters. The summed E-state index contributed by atoms with van der Waals surface area (Å²) in [6.45, 7) is 1.96. The monoisotopic (exact) mass is 511 g/mol. The van der Waals surface area contributed by atoms with Gasteiger partial charge in [0.25, 0.3) is 11.8 Å². The minimum atomic E-state index is -1.08. The van der Waals surface area contributed by atoms with Crippen LogP contribution in [0.25, 0.3) is 0 Å². The minimum absolute atomic E-state index is 0.156. The number of aliphatic imine (C=N–C) groups is 1. The number of nitrogens with zero attached hydrogens (tertiary/aromatic N) is 3. The Balaban J connectivity index is 1.44. The third kappa shape index (κ3) is 6.42. The SMILES string of the molecule is Cc1cccc(C#Cc2ccc3c(c2)N(C)C(=O)[C@H](NC(=O)/C(N)=C(\F)C=NCc2ccccc2)CO3)n1. The molecule has 3 aromatic rings. The minimum Gasteiger partial charge on any atom is -0.489 e. The molecule has 8 nitrogen and oxygen atoms in total. The number of aromatic nitrogens is 1. The fourth-order valence-electron chi connectivity index (χ4n) is 3.66. The predicted molar refractivity (Wildman–Crippen MR) is 143 cm³/mol. The molecule has 0 bridgehead atoms. The van der Waals surface area contributed by atoms with Crippen LogP contribution in [0, 0.1) is 18.8 Å². The second-order valence-electron chi connectivity index (χ2n) is 8.55. The molecule has 4 rings (SSSR count). The number of carbonyl (C=O) groups excluding carboxylic acids is 2. The Morgan fingerprint density at radius 3 is 2.76 bits per heavy atom. The number of allylic oxidation sites excluding steroid dienone is 1. The zero-order valence-corrected chi connectivity index (χ0v) is 20.9. The van der Waals surface area contributed by atoms with Crippen molar-refractivity contribution in [1.29, 1.82) is 0 Å². The number of rotatable bonds is 5. The Labute approximate surface area is 220 Å². The van der Waals surface area contributed by atoms with E-state index in [9.17, 15) is 14.0 Å². The largest absolute Gasteiger partial charge is 0.489 e. The second kappa shape index (κ2) is 11.8. The maximum absolute atomic E-state index is 14.4. The van der Waals surface area contributed by atoms with Crippen molar-refractivity contribution in [3.8, 4) is 17.6 Å². The highest BCUT2D eigenvalue weighted by Gasteiger charge is 2.31. The van der Waals surface area contributed by atoms with Crippen LogP contribution in [0.1, 0.15) is 22.5 Å². The van der Waals surface area contributed by atoms with E-state index in [1.165, 1.54) is 4.90 Å². The summed E-state index contributed by atoms with van der Waals surface area (Å²) in [5, 5.41) is 2.45. The molecule has 0 radical (unpaired) electrons. The molecule has 2 heterocycles. The van der Waals surface area contributed by atoms with E-state index in [-0.39, 0.29) is 13.2 Å². The van der Waals surface area contributed by atoms with Gasteiger partial charge >= 0.3 is 0 Å². The summed E-state index contributed by atoms with van der Waals surface area (Å²) in [7, 11) is 1.56. The summed E-state index contributed by atoms with van der Waals surface area (Å²) in [6.07, 6.45) is 0.893. The summed E-state index contributed by atoms with van der Waals surface area (Å²) in [4.78, 5) is 35.4. The van der Waals surface area contributed by atoms with Crippen LogP contribution >= 0.6 is 0 Å². The van der Waals surface area contributed by atoms with Crippen LogP contribution < -0.4 is 20.7 Å². The number of hydrogen-bond acceptors (Lipinski definition) is 6. The lowest BCUT2D eigenvalue weighted by molar-refractivity contribution is -0.126. The quantitative estimate of drug-likeness (QED) is 0.311. The summed E-state index contributed by atoms with van der Waals surface area (Å²) in [5.74, 6) is 4.10. The smallest absolute Gasteiger partial charge is 0.271 e. The van der Waals surface area contributed by atoms with Crippen LogP contribution in [0.4, 0.5) is 10.1 Å². The highest BCUT2D eigenvalue weighted by Crippen LogP contribution is 2.31. The number of amides is 2. The number of anilines is 1. The topological polar surface area (TPSA) is 110 Å². The summed E-state index contributed by atoms with van der Waals surface area (Å²) >= 11 is 0. The van der Waals surface area contributed by atoms with Crippen LogP contribution in [0.3, 0.4) is 0 Å². The standard InChI is InChI=1S/C29H26FN5O3/c1-19-7-6-10-22(33-19)13-11-20-12-14-26-25(15-20)35(2)29(37)24(18-38-26)34-28(36)27(31)23(30)17-32-16-21-8-4-3-5-9-21/h3-10,12,14-15,17,24H,16,18,31H2,1-2H3,(H,34,36)/b27-23+,32-17?/t24-/m1/s1. The Morgan fingerprint density at radius 2 is 2.00 bits per heavy atom. The molecule has 3 N–H and O–H groups in total. The maximum atomic E-state index is 14.4. The number of nitrogens with two attached hydrogens (primary N) is 1. The number of ether oxygens (including phenoxy) is 1. The number of nitrogens with one attached hydrogen (secondary N) is 1. The highest BCUT2D eigenvalue weighted by atomic mass is 19.1. The molecule has 1 atom stereocenters. The molecule has 38 heavy (non-hydrogen) atoms. The van der Waals surface area contributed by atoms with Gasteiger partial charge in [-0.1, -0.05) is 42.3 Å². The number of pyridine rings is 1. The number of hydrogen-bond donors (Lipinski definition) is 2. The van der Waals surface area contributed by atoms with E-state index in [0.717, 1.165) is 17.5 Å². The van der Waals surface area contributed by atoms with Crippen LogP contribution in [-0.2, 0) is 16.1 Å². The first kappa shape index (κ1) is 26.1. The molecule has 192 valence electrons. The molecule has 1 aromatic heterocycles. The molecule has 0 saturated heterocycles. The lowest BCUT2D eigenvalue weighted by Gasteiger charge is -2.20. The van der Waals surface area contributed by atoms with Gasteiger partial charge in [0, 0.05) is 18.3 Å². The predicted octanol–water partition coefficient (Wildman–Crippen LogP) is 3.04. The van der Waals surface area contributed by atoms with Gasteiger partial charge in [-0.05, 0) is 48.7 Å². The lowest BCUT2D eigenvalue weighted by Crippen LogP contribution is -2.50. The third-order valence-electron chi connectivity index (χ3n) is 5.71. The van der Waals surface area contributed by atoms with E-state index < -0.39 is 29.4 Å². The number of fused-ring (bicyclic) bond motifs is 1. The zero-order valence-electron chi connectivity index (χ0n) is 20.9. The van der Waals surface area contributed by atoms with Crippen molar-refractivity contribution in [2.24, 2.45) is 10.7 Å². The van der Waals surface area contributed by atoms with Crippen LogP contribution in [0.5, 0.6) is 5.75 Å². The van der Waals surface area contributed by atoms with Crippen molar-refractivity contribution in [3.63, 3.8) is 0 Å². The van der Waals surface area contributed by atoms with E-state index in [0.29, 0.717) is 22.7 Å². The van der Waals surface area contributed by atoms with Crippen LogP contribution in [0.15, 0.2) is 83.2 Å². The first-order valence-corrected chi connectivity index (χ1v) is 11.8.